The van der Waals surface area contributed by atoms with E-state index in [1.807, 2.05) is 0 Å². The lowest BCUT2D eigenvalue weighted by atomic mass is 9.93. The lowest BCUT2D eigenvalue weighted by Crippen LogP contribution is -2.45. The van der Waals surface area contributed by atoms with Crippen molar-refractivity contribution in [3.05, 3.63) is 29.8 Å². The molecular formula is C10H13FN2O2. The number of nitrogens with zero attached hydrogens (tertiary/aromatic N) is 1. The summed E-state index contributed by atoms with van der Waals surface area (Å²) in [5.74, 6) is -1.05. The van der Waals surface area contributed by atoms with E-state index in [9.17, 15) is 9.18 Å². The molecule has 0 bridgehead atoms. The van der Waals surface area contributed by atoms with E-state index in [-0.39, 0.29) is 0 Å². The fourth-order valence-corrected chi connectivity index (χ4v) is 1.25. The first-order valence-corrected chi connectivity index (χ1v) is 4.54. The maximum atomic E-state index is 12.6. The van der Waals surface area contributed by atoms with Crippen LogP contribution in [0.5, 0.6) is 0 Å². The molecule has 1 atom stereocenters. The highest BCUT2D eigenvalue weighted by atomic mass is 19.1. The number of methoxy groups -OCH3 is 1. The standard InChI is InChI=1S/C10H13FN2O2/c1-3-10(12,9(14)15-2)8-5-4-7(11)6-13-8/h4-6H,3,12H2,1-2H3. The van der Waals surface area contributed by atoms with E-state index >= 15 is 0 Å². The van der Waals surface area contributed by atoms with Crippen LogP contribution >= 0.6 is 0 Å². The quantitative estimate of drug-likeness (QED) is 0.758. The van der Waals surface area contributed by atoms with Crippen molar-refractivity contribution < 1.29 is 13.9 Å². The molecule has 0 saturated heterocycles. The average molecular weight is 212 g/mol. The van der Waals surface area contributed by atoms with Gasteiger partial charge in [-0.05, 0) is 18.6 Å². The highest BCUT2D eigenvalue weighted by molar-refractivity contribution is 5.81. The molecule has 1 heterocycles. The van der Waals surface area contributed by atoms with Crippen molar-refractivity contribution in [2.45, 2.75) is 18.9 Å². The molecule has 1 aromatic heterocycles. The van der Waals surface area contributed by atoms with Gasteiger partial charge in [0.1, 0.15) is 5.82 Å². The summed E-state index contributed by atoms with van der Waals surface area (Å²) < 4.78 is 17.2. The number of ether oxygens (including phenoxy) is 1. The van der Waals surface area contributed by atoms with Gasteiger partial charge in [0.15, 0.2) is 5.54 Å². The molecule has 0 aromatic carbocycles. The SMILES string of the molecule is CCC(N)(C(=O)OC)c1ccc(F)cn1. The molecular weight excluding hydrogens is 199 g/mol. The topological polar surface area (TPSA) is 65.2 Å². The van der Waals surface area contributed by atoms with Crippen LogP contribution in [-0.4, -0.2) is 18.1 Å². The van der Waals surface area contributed by atoms with E-state index in [0.29, 0.717) is 12.1 Å². The molecule has 1 unspecified atom stereocenters. The van der Waals surface area contributed by atoms with E-state index in [1.54, 1.807) is 6.92 Å². The van der Waals surface area contributed by atoms with Crippen molar-refractivity contribution in [1.29, 1.82) is 0 Å². The maximum absolute atomic E-state index is 12.6. The normalized spacial score (nSPS) is 14.4. The Bertz CT molecular complexity index is 353. The number of aromatic nitrogens is 1. The number of hydrogen-bond acceptors (Lipinski definition) is 4. The Balaban J connectivity index is 3.11. The lowest BCUT2D eigenvalue weighted by molar-refractivity contribution is -0.147. The summed E-state index contributed by atoms with van der Waals surface area (Å²) in [7, 11) is 1.25. The molecule has 0 aliphatic heterocycles. The van der Waals surface area contributed by atoms with E-state index in [4.69, 9.17) is 5.73 Å². The van der Waals surface area contributed by atoms with Crippen LogP contribution in [-0.2, 0) is 15.1 Å². The van der Waals surface area contributed by atoms with Crippen molar-refractivity contribution in [1.82, 2.24) is 4.98 Å². The van der Waals surface area contributed by atoms with Gasteiger partial charge >= 0.3 is 5.97 Å². The molecule has 0 radical (unpaired) electrons. The average Bonchev–Trinajstić information content (AvgIpc) is 2.27. The second kappa shape index (κ2) is 4.35. The summed E-state index contributed by atoms with van der Waals surface area (Å²) in [6.07, 6.45) is 1.36. The van der Waals surface area contributed by atoms with Gasteiger partial charge in [0, 0.05) is 0 Å². The van der Waals surface area contributed by atoms with Crippen molar-refractivity contribution in [2.75, 3.05) is 7.11 Å². The lowest BCUT2D eigenvalue weighted by Gasteiger charge is -2.23. The van der Waals surface area contributed by atoms with Crippen molar-refractivity contribution in [3.8, 4) is 0 Å². The summed E-state index contributed by atoms with van der Waals surface area (Å²) in [6, 6.07) is 2.60. The smallest absolute Gasteiger partial charge is 0.332 e. The molecule has 1 aromatic rings. The van der Waals surface area contributed by atoms with Crippen LogP contribution in [0.15, 0.2) is 18.3 Å². The Morgan fingerprint density at radius 2 is 2.33 bits per heavy atom. The monoisotopic (exact) mass is 212 g/mol. The number of pyridine rings is 1. The van der Waals surface area contributed by atoms with Gasteiger partial charge in [-0.2, -0.15) is 0 Å². The fourth-order valence-electron chi connectivity index (χ4n) is 1.25. The first kappa shape index (κ1) is 11.6. The van der Waals surface area contributed by atoms with Gasteiger partial charge in [-0.15, -0.1) is 0 Å². The predicted octanol–water partition coefficient (Wildman–Crippen LogP) is 0.958. The number of hydrogen-bond donors (Lipinski definition) is 1. The molecule has 5 heteroatoms. The van der Waals surface area contributed by atoms with Crippen LogP contribution < -0.4 is 5.73 Å². The van der Waals surface area contributed by atoms with Crippen molar-refractivity contribution in [3.63, 3.8) is 0 Å². The zero-order valence-electron chi connectivity index (χ0n) is 8.66. The zero-order valence-corrected chi connectivity index (χ0v) is 8.66. The van der Waals surface area contributed by atoms with Crippen molar-refractivity contribution in [2.24, 2.45) is 5.73 Å². The van der Waals surface area contributed by atoms with Crippen LogP contribution in [0.2, 0.25) is 0 Å². The number of esters is 1. The number of halogens is 1. The summed E-state index contributed by atoms with van der Waals surface area (Å²) in [4.78, 5) is 15.3. The summed E-state index contributed by atoms with van der Waals surface area (Å²) in [5.41, 5.74) is 4.86. The predicted molar refractivity (Wildman–Crippen MR) is 52.4 cm³/mol. The summed E-state index contributed by atoms with van der Waals surface area (Å²) in [6.45, 7) is 1.74. The number of nitrogens with two attached hydrogens (primary N) is 1. The highest BCUT2D eigenvalue weighted by Crippen LogP contribution is 2.21. The third kappa shape index (κ3) is 2.12. The highest BCUT2D eigenvalue weighted by Gasteiger charge is 2.36. The molecule has 0 fully saturated rings. The molecule has 0 aliphatic rings. The van der Waals surface area contributed by atoms with E-state index < -0.39 is 17.3 Å². The van der Waals surface area contributed by atoms with Crippen molar-refractivity contribution >= 4 is 5.97 Å². The molecule has 0 aliphatic carbocycles. The Kier molecular flexibility index (Phi) is 3.36. The second-order valence-corrected chi connectivity index (χ2v) is 3.18. The van der Waals surface area contributed by atoms with Crippen LogP contribution in [0, 0.1) is 5.82 Å². The van der Waals surface area contributed by atoms with Crippen LogP contribution in [0.25, 0.3) is 0 Å². The molecule has 2 N–H and O–H groups in total. The minimum absolute atomic E-state index is 0.304. The van der Waals surface area contributed by atoms with Gasteiger partial charge in [-0.25, -0.2) is 9.18 Å². The molecule has 0 spiro atoms. The fraction of sp³-hybridized carbons (Fsp3) is 0.400. The van der Waals surface area contributed by atoms with Gasteiger partial charge in [0.05, 0.1) is 19.0 Å². The minimum Gasteiger partial charge on any atom is -0.467 e. The van der Waals surface area contributed by atoms with E-state index in [0.717, 1.165) is 6.20 Å². The Hall–Kier alpha value is -1.49. The first-order valence-electron chi connectivity index (χ1n) is 4.54. The van der Waals surface area contributed by atoms with E-state index in [2.05, 4.69) is 9.72 Å². The van der Waals surface area contributed by atoms with Crippen LogP contribution in [0.4, 0.5) is 4.39 Å². The van der Waals surface area contributed by atoms with E-state index in [1.165, 1.54) is 19.2 Å². The summed E-state index contributed by atoms with van der Waals surface area (Å²) >= 11 is 0. The Morgan fingerprint density at radius 3 is 2.73 bits per heavy atom. The molecule has 1 rings (SSSR count). The Morgan fingerprint density at radius 1 is 1.67 bits per heavy atom. The number of carbonyl (C=O) groups is 1. The largest absolute Gasteiger partial charge is 0.467 e. The second-order valence-electron chi connectivity index (χ2n) is 3.18. The first-order chi connectivity index (χ1) is 7.04. The maximum Gasteiger partial charge on any atom is 0.332 e. The molecule has 15 heavy (non-hydrogen) atoms. The third-order valence-electron chi connectivity index (χ3n) is 2.29. The van der Waals surface area contributed by atoms with Gasteiger partial charge < -0.3 is 10.5 Å². The van der Waals surface area contributed by atoms with Gasteiger partial charge in [0.2, 0.25) is 0 Å². The molecule has 0 saturated carbocycles. The van der Waals surface area contributed by atoms with Crippen LogP contribution in [0.3, 0.4) is 0 Å². The van der Waals surface area contributed by atoms with Gasteiger partial charge in [-0.1, -0.05) is 6.92 Å². The summed E-state index contributed by atoms with van der Waals surface area (Å²) in [5, 5.41) is 0. The molecule has 4 nitrogen and oxygen atoms in total. The number of rotatable bonds is 3. The van der Waals surface area contributed by atoms with Gasteiger partial charge in [-0.3, -0.25) is 4.98 Å². The molecule has 0 amide bonds. The van der Waals surface area contributed by atoms with Crippen LogP contribution in [0.1, 0.15) is 19.0 Å². The zero-order chi connectivity index (χ0) is 11.5. The minimum atomic E-state index is -1.30. The number of carbonyl (C=O) groups excluding carboxylic acids is 1. The van der Waals surface area contributed by atoms with Gasteiger partial charge in [0.25, 0.3) is 0 Å². The third-order valence-corrected chi connectivity index (χ3v) is 2.29. The molecule has 82 valence electrons. The Labute approximate surface area is 87.3 Å².